The maximum Gasteiger partial charge on any atom is 0.253 e. The van der Waals surface area contributed by atoms with Crippen LogP contribution in [0.3, 0.4) is 0 Å². The van der Waals surface area contributed by atoms with Gasteiger partial charge in [-0.05, 0) is 12.5 Å². The summed E-state index contributed by atoms with van der Waals surface area (Å²) in [5.41, 5.74) is -0.806. The summed E-state index contributed by atoms with van der Waals surface area (Å²) < 4.78 is 5.02. The Kier molecular flexibility index (Phi) is 3.59. The van der Waals surface area contributed by atoms with Crippen LogP contribution in [-0.4, -0.2) is 40.5 Å². The Morgan fingerprint density at radius 3 is 2.47 bits per heavy atom. The van der Waals surface area contributed by atoms with Crippen molar-refractivity contribution in [1.29, 1.82) is 0 Å². The number of benzene rings is 1. The second-order valence-corrected chi connectivity index (χ2v) is 4.55. The van der Waals surface area contributed by atoms with Crippen LogP contribution in [0.25, 0.3) is 0 Å². The molecule has 2 atom stereocenters. The summed E-state index contributed by atoms with van der Waals surface area (Å²) in [5, 5.41) is 20.0. The topological polar surface area (TPSA) is 70.0 Å². The zero-order chi connectivity index (χ0) is 14.0. The summed E-state index contributed by atoms with van der Waals surface area (Å²) in [7, 11) is 1.40. The van der Waals surface area contributed by atoms with Gasteiger partial charge in [0.1, 0.15) is 0 Å². The van der Waals surface area contributed by atoms with E-state index in [0.29, 0.717) is 0 Å². The molecule has 0 aliphatic carbocycles. The molecule has 0 radical (unpaired) electrons. The van der Waals surface area contributed by atoms with Crippen LogP contribution in [-0.2, 0) is 9.53 Å². The van der Waals surface area contributed by atoms with Crippen molar-refractivity contribution in [2.45, 2.75) is 18.7 Å². The van der Waals surface area contributed by atoms with Crippen LogP contribution in [0.2, 0.25) is 0 Å². The largest absolute Gasteiger partial charge is 0.496 e. The molecule has 2 rings (SSSR count). The molecule has 0 aromatic heterocycles. The van der Waals surface area contributed by atoms with E-state index in [1.165, 1.54) is 25.0 Å². The molecule has 2 N–H and O–H groups in total. The summed E-state index contributed by atoms with van der Waals surface area (Å²) in [6.07, 6.45) is 1.24. The summed E-state index contributed by atoms with van der Waals surface area (Å²) in [5.74, 6) is -0.211. The first-order valence-electron chi connectivity index (χ1n) is 6.00. The zero-order valence-corrected chi connectivity index (χ0v) is 10.9. The zero-order valence-electron chi connectivity index (χ0n) is 10.9. The van der Waals surface area contributed by atoms with Crippen molar-refractivity contribution < 1.29 is 19.7 Å². The van der Waals surface area contributed by atoms with Crippen molar-refractivity contribution in [2.75, 3.05) is 13.7 Å². The lowest BCUT2D eigenvalue weighted by atomic mass is 10.0. The molecular weight excluding hydrogens is 246 g/mol. The van der Waals surface area contributed by atoms with Gasteiger partial charge in [-0.15, -0.1) is 0 Å². The Morgan fingerprint density at radius 1 is 1.37 bits per heavy atom. The maximum atomic E-state index is 12.0. The van der Waals surface area contributed by atoms with Crippen LogP contribution in [0.1, 0.15) is 18.5 Å². The van der Waals surface area contributed by atoms with Gasteiger partial charge in [-0.25, -0.2) is 0 Å². The molecule has 1 aromatic carbocycles. The van der Waals surface area contributed by atoms with Crippen LogP contribution >= 0.6 is 0 Å². The normalized spacial score (nSPS) is 24.3. The van der Waals surface area contributed by atoms with Gasteiger partial charge in [0.25, 0.3) is 5.91 Å². The summed E-state index contributed by atoms with van der Waals surface area (Å²) in [4.78, 5) is 13.3. The number of carbonyl (C=O) groups excluding carboxylic acids is 1. The first-order valence-corrected chi connectivity index (χ1v) is 6.00. The first-order chi connectivity index (χ1) is 9.02. The van der Waals surface area contributed by atoms with Gasteiger partial charge in [-0.3, -0.25) is 9.69 Å². The summed E-state index contributed by atoms with van der Waals surface area (Å²) in [6, 6.07) is 8.47. The molecule has 0 saturated carbocycles. The van der Waals surface area contributed by atoms with Gasteiger partial charge < -0.3 is 14.9 Å². The minimum atomic E-state index is -1.56. The number of hydrogen-bond acceptors (Lipinski definition) is 4. The van der Waals surface area contributed by atoms with Crippen LogP contribution in [0.15, 0.2) is 42.2 Å². The minimum Gasteiger partial charge on any atom is -0.496 e. The molecule has 19 heavy (non-hydrogen) atoms. The highest BCUT2D eigenvalue weighted by molar-refractivity contribution is 5.92. The average Bonchev–Trinajstić information content (AvgIpc) is 2.63. The maximum absolute atomic E-state index is 12.0. The second-order valence-electron chi connectivity index (χ2n) is 4.55. The Hall–Kier alpha value is -1.85. The number of nitrogens with zero attached hydrogens (tertiary/aromatic N) is 1. The number of rotatable bonds is 4. The Morgan fingerprint density at radius 2 is 2.00 bits per heavy atom. The molecule has 5 nitrogen and oxygen atoms in total. The summed E-state index contributed by atoms with van der Waals surface area (Å²) >= 11 is 0. The Balaban J connectivity index is 2.38. The van der Waals surface area contributed by atoms with E-state index in [9.17, 15) is 15.0 Å². The number of hydrogen-bond donors (Lipinski definition) is 2. The number of ether oxygens (including phenoxy) is 1. The Bertz CT molecular complexity index is 495. The number of amides is 1. The highest BCUT2D eigenvalue weighted by atomic mass is 16.5. The monoisotopic (exact) mass is 263 g/mol. The van der Waals surface area contributed by atoms with E-state index >= 15 is 0 Å². The molecule has 1 amide bonds. The third-order valence-corrected chi connectivity index (χ3v) is 3.32. The molecule has 0 fully saturated rings. The van der Waals surface area contributed by atoms with Gasteiger partial charge in [0.2, 0.25) is 0 Å². The molecule has 1 heterocycles. The SMILES string of the molecule is COC1=CC(=O)N(C(CO)c2ccccc2)[C@@]1(C)O. The molecule has 0 spiro atoms. The van der Waals surface area contributed by atoms with Gasteiger partial charge >= 0.3 is 0 Å². The summed E-state index contributed by atoms with van der Waals surface area (Å²) in [6.45, 7) is 1.19. The number of carbonyl (C=O) groups is 1. The van der Waals surface area contributed by atoms with Gasteiger partial charge in [0.15, 0.2) is 11.5 Å². The van der Waals surface area contributed by atoms with Gasteiger partial charge in [0, 0.05) is 6.08 Å². The lowest BCUT2D eigenvalue weighted by Gasteiger charge is -2.37. The average molecular weight is 263 g/mol. The third kappa shape index (κ3) is 2.22. The van der Waals surface area contributed by atoms with E-state index in [4.69, 9.17) is 4.74 Å². The van der Waals surface area contributed by atoms with E-state index in [1.54, 1.807) is 12.1 Å². The van der Waals surface area contributed by atoms with Crippen molar-refractivity contribution in [3.8, 4) is 0 Å². The smallest absolute Gasteiger partial charge is 0.253 e. The van der Waals surface area contributed by atoms with Crippen LogP contribution < -0.4 is 0 Å². The molecule has 1 unspecified atom stereocenters. The fourth-order valence-corrected chi connectivity index (χ4v) is 2.37. The van der Waals surface area contributed by atoms with Gasteiger partial charge in [0.05, 0.1) is 19.8 Å². The standard InChI is InChI=1S/C14H17NO4/c1-14(18)12(19-2)8-13(17)15(14)11(9-16)10-6-4-3-5-7-10/h3-8,11,16,18H,9H2,1-2H3/t11?,14-/m0/s1. The first kappa shape index (κ1) is 13.6. The number of methoxy groups -OCH3 is 1. The predicted molar refractivity (Wildman–Crippen MR) is 68.8 cm³/mol. The Labute approximate surface area is 111 Å². The van der Waals surface area contributed by atoms with Crippen molar-refractivity contribution in [3.63, 3.8) is 0 Å². The van der Waals surface area contributed by atoms with E-state index in [2.05, 4.69) is 0 Å². The highest BCUT2D eigenvalue weighted by Crippen LogP contribution is 2.36. The lowest BCUT2D eigenvalue weighted by Crippen LogP contribution is -2.49. The van der Waals surface area contributed by atoms with E-state index in [-0.39, 0.29) is 18.3 Å². The molecule has 102 valence electrons. The van der Waals surface area contributed by atoms with Crippen molar-refractivity contribution in [3.05, 3.63) is 47.7 Å². The molecule has 1 aliphatic heterocycles. The predicted octanol–water partition coefficient (Wildman–Crippen LogP) is 0.801. The van der Waals surface area contributed by atoms with Crippen molar-refractivity contribution in [2.24, 2.45) is 0 Å². The quantitative estimate of drug-likeness (QED) is 0.843. The second kappa shape index (κ2) is 5.03. The highest BCUT2D eigenvalue weighted by Gasteiger charge is 2.47. The molecule has 0 bridgehead atoms. The van der Waals surface area contributed by atoms with Crippen LogP contribution in [0, 0.1) is 0 Å². The lowest BCUT2D eigenvalue weighted by molar-refractivity contribution is -0.153. The van der Waals surface area contributed by atoms with E-state index < -0.39 is 11.8 Å². The molecule has 0 saturated heterocycles. The van der Waals surface area contributed by atoms with Crippen LogP contribution in [0.5, 0.6) is 0 Å². The number of aliphatic hydroxyl groups excluding tert-OH is 1. The van der Waals surface area contributed by atoms with E-state index in [0.717, 1.165) is 5.56 Å². The van der Waals surface area contributed by atoms with Crippen molar-refractivity contribution in [1.82, 2.24) is 4.90 Å². The van der Waals surface area contributed by atoms with Gasteiger partial charge in [-0.1, -0.05) is 30.3 Å². The van der Waals surface area contributed by atoms with Crippen molar-refractivity contribution >= 4 is 5.91 Å². The fraction of sp³-hybridized carbons (Fsp3) is 0.357. The minimum absolute atomic E-state index is 0.173. The van der Waals surface area contributed by atoms with Crippen LogP contribution in [0.4, 0.5) is 0 Å². The molecule has 5 heteroatoms. The third-order valence-electron chi connectivity index (χ3n) is 3.32. The fourth-order valence-electron chi connectivity index (χ4n) is 2.37. The molecular formula is C14H17NO4. The molecule has 1 aromatic rings. The van der Waals surface area contributed by atoms with E-state index in [1.807, 2.05) is 18.2 Å². The van der Waals surface area contributed by atoms with Gasteiger partial charge in [-0.2, -0.15) is 0 Å². The molecule has 1 aliphatic rings. The number of aliphatic hydroxyl groups is 2.